The van der Waals surface area contributed by atoms with E-state index in [0.29, 0.717) is 18.5 Å². The average molecular weight is 278 g/mol. The molecule has 5 heteroatoms. The molecule has 0 aromatic heterocycles. The summed E-state index contributed by atoms with van der Waals surface area (Å²) in [7, 11) is 0. The first-order valence-electron chi connectivity index (χ1n) is 6.78. The van der Waals surface area contributed by atoms with Crippen molar-refractivity contribution in [1.82, 2.24) is 5.32 Å². The molecule has 0 aliphatic carbocycles. The molecule has 20 heavy (non-hydrogen) atoms. The van der Waals surface area contributed by atoms with E-state index in [4.69, 9.17) is 0 Å². The molecule has 0 atom stereocenters. The van der Waals surface area contributed by atoms with Gasteiger partial charge in [-0.3, -0.25) is 9.59 Å². The van der Waals surface area contributed by atoms with Gasteiger partial charge in [0.1, 0.15) is 0 Å². The van der Waals surface area contributed by atoms with Gasteiger partial charge in [0.2, 0.25) is 0 Å². The largest absolute Gasteiger partial charge is 0.388 e. The van der Waals surface area contributed by atoms with Crippen LogP contribution in [0.3, 0.4) is 0 Å². The number of aliphatic hydroxyl groups is 1. The van der Waals surface area contributed by atoms with Crippen molar-refractivity contribution < 1.29 is 14.7 Å². The summed E-state index contributed by atoms with van der Waals surface area (Å²) in [5.74, 6) is -1.48. The summed E-state index contributed by atoms with van der Waals surface area (Å²) in [6, 6.07) is 7.19. The Morgan fingerprint density at radius 1 is 1.20 bits per heavy atom. The van der Waals surface area contributed by atoms with Gasteiger partial charge < -0.3 is 15.7 Å². The van der Waals surface area contributed by atoms with E-state index in [2.05, 4.69) is 10.6 Å². The molecule has 2 amide bonds. The third kappa shape index (κ3) is 4.66. The van der Waals surface area contributed by atoms with Crippen molar-refractivity contribution in [2.45, 2.75) is 39.2 Å². The quantitative estimate of drug-likeness (QED) is 0.716. The Morgan fingerprint density at radius 3 is 2.40 bits per heavy atom. The number of rotatable bonds is 5. The van der Waals surface area contributed by atoms with Gasteiger partial charge in [-0.15, -0.1) is 0 Å². The molecule has 110 valence electrons. The Labute approximate surface area is 119 Å². The van der Waals surface area contributed by atoms with Crippen LogP contribution in [0.25, 0.3) is 0 Å². The SMILES string of the molecule is CCC(O)(CC)CNC(=O)C(=O)Nc1cccc(C)c1. The van der Waals surface area contributed by atoms with Crippen LogP contribution in [-0.2, 0) is 9.59 Å². The Kier molecular flexibility index (Phi) is 5.70. The molecule has 0 saturated carbocycles. The Bertz CT molecular complexity index is 482. The molecule has 0 radical (unpaired) electrons. The fourth-order valence-electron chi connectivity index (χ4n) is 1.74. The predicted octanol–water partition coefficient (Wildman–Crippen LogP) is 1.60. The number of hydrogen-bond donors (Lipinski definition) is 3. The number of anilines is 1. The zero-order valence-electron chi connectivity index (χ0n) is 12.2. The first kappa shape index (κ1) is 16.2. The molecule has 3 N–H and O–H groups in total. The maximum atomic E-state index is 11.7. The van der Waals surface area contributed by atoms with Crippen LogP contribution in [0.15, 0.2) is 24.3 Å². The zero-order chi connectivity index (χ0) is 15.2. The lowest BCUT2D eigenvalue weighted by Crippen LogP contribution is -2.45. The van der Waals surface area contributed by atoms with Gasteiger partial charge in [-0.1, -0.05) is 26.0 Å². The number of hydrogen-bond acceptors (Lipinski definition) is 3. The lowest BCUT2D eigenvalue weighted by atomic mass is 9.98. The molecule has 0 bridgehead atoms. The van der Waals surface area contributed by atoms with E-state index in [-0.39, 0.29) is 6.54 Å². The molecule has 0 aliphatic rings. The highest BCUT2D eigenvalue weighted by atomic mass is 16.3. The maximum Gasteiger partial charge on any atom is 0.313 e. The Hall–Kier alpha value is -1.88. The van der Waals surface area contributed by atoms with Crippen LogP contribution in [0.2, 0.25) is 0 Å². The molecule has 0 unspecified atom stereocenters. The van der Waals surface area contributed by atoms with Crippen molar-refractivity contribution in [1.29, 1.82) is 0 Å². The highest BCUT2D eigenvalue weighted by Crippen LogP contribution is 2.13. The van der Waals surface area contributed by atoms with Gasteiger partial charge in [-0.2, -0.15) is 0 Å². The molecule has 1 aromatic carbocycles. The fraction of sp³-hybridized carbons (Fsp3) is 0.467. The minimum absolute atomic E-state index is 0.0695. The van der Waals surface area contributed by atoms with Crippen molar-refractivity contribution in [3.63, 3.8) is 0 Å². The summed E-state index contributed by atoms with van der Waals surface area (Å²) in [6.07, 6.45) is 1.03. The van der Waals surface area contributed by atoms with Crippen molar-refractivity contribution in [3.05, 3.63) is 29.8 Å². The molecule has 0 saturated heterocycles. The van der Waals surface area contributed by atoms with Crippen LogP contribution in [0, 0.1) is 6.92 Å². The Balaban J connectivity index is 2.54. The van der Waals surface area contributed by atoms with Gasteiger partial charge in [-0.05, 0) is 37.5 Å². The van der Waals surface area contributed by atoms with E-state index >= 15 is 0 Å². The van der Waals surface area contributed by atoms with Gasteiger partial charge in [-0.25, -0.2) is 0 Å². The summed E-state index contributed by atoms with van der Waals surface area (Å²) in [6.45, 7) is 5.64. The first-order valence-corrected chi connectivity index (χ1v) is 6.78. The number of benzene rings is 1. The Morgan fingerprint density at radius 2 is 1.85 bits per heavy atom. The lowest BCUT2D eigenvalue weighted by Gasteiger charge is -2.25. The smallest absolute Gasteiger partial charge is 0.313 e. The van der Waals surface area contributed by atoms with E-state index in [1.807, 2.05) is 26.8 Å². The topological polar surface area (TPSA) is 78.4 Å². The third-order valence-electron chi connectivity index (χ3n) is 3.38. The van der Waals surface area contributed by atoms with E-state index in [1.54, 1.807) is 18.2 Å². The van der Waals surface area contributed by atoms with Gasteiger partial charge >= 0.3 is 11.8 Å². The van der Waals surface area contributed by atoms with Gasteiger partial charge in [0.25, 0.3) is 0 Å². The summed E-state index contributed by atoms with van der Waals surface area (Å²) < 4.78 is 0. The van der Waals surface area contributed by atoms with E-state index in [0.717, 1.165) is 5.56 Å². The van der Waals surface area contributed by atoms with Gasteiger partial charge in [0.05, 0.1) is 5.60 Å². The molecular weight excluding hydrogens is 256 g/mol. The normalized spacial score (nSPS) is 11.0. The molecule has 0 spiro atoms. The van der Waals surface area contributed by atoms with Crippen LogP contribution >= 0.6 is 0 Å². The molecular formula is C15H22N2O3. The minimum atomic E-state index is -0.959. The van der Waals surface area contributed by atoms with E-state index in [9.17, 15) is 14.7 Å². The highest BCUT2D eigenvalue weighted by molar-refractivity contribution is 6.39. The molecule has 1 aromatic rings. The van der Waals surface area contributed by atoms with Crippen LogP contribution < -0.4 is 10.6 Å². The van der Waals surface area contributed by atoms with Crippen LogP contribution in [0.4, 0.5) is 5.69 Å². The summed E-state index contributed by atoms with van der Waals surface area (Å²) in [4.78, 5) is 23.4. The van der Waals surface area contributed by atoms with Crippen LogP contribution in [0.5, 0.6) is 0 Å². The van der Waals surface area contributed by atoms with Gasteiger partial charge in [0.15, 0.2) is 0 Å². The molecule has 0 heterocycles. The fourth-order valence-corrected chi connectivity index (χ4v) is 1.74. The lowest BCUT2D eigenvalue weighted by molar-refractivity contribution is -0.136. The minimum Gasteiger partial charge on any atom is -0.388 e. The zero-order valence-corrected chi connectivity index (χ0v) is 12.2. The molecule has 0 fully saturated rings. The van der Waals surface area contributed by atoms with E-state index in [1.165, 1.54) is 0 Å². The first-order chi connectivity index (χ1) is 9.40. The summed E-state index contributed by atoms with van der Waals surface area (Å²) in [5, 5.41) is 15.0. The van der Waals surface area contributed by atoms with Crippen LogP contribution in [-0.4, -0.2) is 29.1 Å². The number of amides is 2. The number of carbonyl (C=O) groups is 2. The monoisotopic (exact) mass is 278 g/mol. The number of aryl methyl sites for hydroxylation is 1. The average Bonchev–Trinajstić information content (AvgIpc) is 2.44. The van der Waals surface area contributed by atoms with Gasteiger partial charge in [0, 0.05) is 12.2 Å². The number of nitrogens with one attached hydrogen (secondary N) is 2. The van der Waals surface area contributed by atoms with Crippen LogP contribution in [0.1, 0.15) is 32.3 Å². The van der Waals surface area contributed by atoms with Crippen molar-refractivity contribution >= 4 is 17.5 Å². The second kappa shape index (κ2) is 7.05. The molecule has 1 rings (SSSR count). The van der Waals surface area contributed by atoms with E-state index < -0.39 is 17.4 Å². The second-order valence-corrected chi connectivity index (χ2v) is 4.94. The molecule has 5 nitrogen and oxygen atoms in total. The van der Waals surface area contributed by atoms with Crippen molar-refractivity contribution in [2.75, 3.05) is 11.9 Å². The van der Waals surface area contributed by atoms with Crippen molar-refractivity contribution in [2.24, 2.45) is 0 Å². The standard InChI is InChI=1S/C15H22N2O3/c1-4-15(20,5-2)10-16-13(18)14(19)17-12-8-6-7-11(3)9-12/h6-9,20H,4-5,10H2,1-3H3,(H,16,18)(H,17,19). The maximum absolute atomic E-state index is 11.7. The second-order valence-electron chi connectivity index (χ2n) is 4.94. The summed E-state index contributed by atoms with van der Waals surface area (Å²) >= 11 is 0. The van der Waals surface area contributed by atoms with Crippen molar-refractivity contribution in [3.8, 4) is 0 Å². The predicted molar refractivity (Wildman–Crippen MR) is 78.4 cm³/mol. The molecule has 0 aliphatic heterocycles. The highest BCUT2D eigenvalue weighted by Gasteiger charge is 2.24. The summed E-state index contributed by atoms with van der Waals surface area (Å²) in [5.41, 5.74) is 0.611. The number of carbonyl (C=O) groups excluding carboxylic acids is 2. The third-order valence-corrected chi connectivity index (χ3v) is 3.38.